The lowest BCUT2D eigenvalue weighted by Gasteiger charge is -2.28. The first kappa shape index (κ1) is 20.0. The summed E-state index contributed by atoms with van der Waals surface area (Å²) in [6, 6.07) is 21.9. The average molecular weight is 426 g/mol. The van der Waals surface area contributed by atoms with Gasteiger partial charge in [-0.2, -0.15) is 9.37 Å². The minimum absolute atomic E-state index is 0.241. The van der Waals surface area contributed by atoms with E-state index in [1.807, 2.05) is 73.5 Å². The Morgan fingerprint density at radius 3 is 2.50 bits per heavy atom. The molecule has 0 fully saturated rings. The highest BCUT2D eigenvalue weighted by molar-refractivity contribution is 6.32. The van der Waals surface area contributed by atoms with Gasteiger partial charge in [-0.3, -0.25) is 0 Å². The van der Waals surface area contributed by atoms with Gasteiger partial charge in [0.2, 0.25) is 0 Å². The van der Waals surface area contributed by atoms with Gasteiger partial charge in [-0.1, -0.05) is 42.0 Å². The van der Waals surface area contributed by atoms with E-state index < -0.39 is 6.04 Å². The molecule has 6 nitrogen and oxygen atoms in total. The molecule has 0 N–H and O–H groups in total. The van der Waals surface area contributed by atoms with Crippen LogP contribution in [0.1, 0.15) is 16.7 Å². The Bertz CT molecular complexity index is 1270. The zero-order valence-electron chi connectivity index (χ0n) is 18.3. The topological polar surface area (TPSA) is 52.9 Å². The molecule has 3 amide bonds. The van der Waals surface area contributed by atoms with Crippen LogP contribution in [0.25, 0.3) is 0 Å². The number of nitrogens with zero attached hydrogens (tertiary/aromatic N) is 3. The fraction of sp³-hybridized carbons (Fsp3) is 0.192. The van der Waals surface area contributed by atoms with E-state index in [1.54, 1.807) is 23.8 Å². The van der Waals surface area contributed by atoms with E-state index in [0.29, 0.717) is 12.2 Å². The molecule has 0 radical (unpaired) electrons. The van der Waals surface area contributed by atoms with Crippen LogP contribution in [0.2, 0.25) is 0 Å². The van der Waals surface area contributed by atoms with Crippen molar-refractivity contribution in [1.82, 2.24) is 0 Å². The van der Waals surface area contributed by atoms with Gasteiger partial charge < -0.3 is 9.64 Å². The number of anilines is 2. The monoisotopic (exact) mass is 426 g/mol. The molecule has 2 aliphatic heterocycles. The summed E-state index contributed by atoms with van der Waals surface area (Å²) >= 11 is 0. The number of rotatable bonds is 4. The molecule has 160 valence electrons. The fourth-order valence-corrected chi connectivity index (χ4v) is 4.57. The summed E-state index contributed by atoms with van der Waals surface area (Å²) in [5.74, 6) is 0.485. The van der Waals surface area contributed by atoms with Crippen LogP contribution in [0.5, 0.6) is 5.75 Å². The lowest BCUT2D eigenvalue weighted by atomic mass is 10.0. The maximum atomic E-state index is 13.8. The number of methoxy groups -OCH3 is 1. The van der Waals surface area contributed by atoms with Crippen molar-refractivity contribution >= 4 is 29.0 Å². The van der Waals surface area contributed by atoms with Gasteiger partial charge in [0.15, 0.2) is 11.8 Å². The van der Waals surface area contributed by atoms with Gasteiger partial charge in [-0.25, -0.2) is 4.79 Å². The van der Waals surface area contributed by atoms with Crippen molar-refractivity contribution in [3.8, 4) is 5.75 Å². The van der Waals surface area contributed by atoms with Crippen molar-refractivity contribution in [2.75, 3.05) is 24.0 Å². The summed E-state index contributed by atoms with van der Waals surface area (Å²) in [4.78, 5) is 30.7. The van der Waals surface area contributed by atoms with Gasteiger partial charge in [0, 0.05) is 18.3 Å². The number of hydrogen-bond donors (Lipinski definition) is 0. The van der Waals surface area contributed by atoms with Crippen LogP contribution in [0, 0.1) is 6.92 Å². The molecule has 3 aromatic carbocycles. The predicted octanol–water partition coefficient (Wildman–Crippen LogP) is 3.99. The molecule has 2 aliphatic rings. The van der Waals surface area contributed by atoms with Gasteiger partial charge in [0.05, 0.1) is 7.11 Å². The number of carbonyl (C=O) groups excluding carboxylic acids is 2. The van der Waals surface area contributed by atoms with Crippen LogP contribution in [0.4, 0.5) is 16.2 Å². The van der Waals surface area contributed by atoms with Crippen LogP contribution in [-0.2, 0) is 11.3 Å². The van der Waals surface area contributed by atoms with Gasteiger partial charge in [-0.05, 0) is 48.9 Å². The van der Waals surface area contributed by atoms with E-state index >= 15 is 0 Å². The van der Waals surface area contributed by atoms with E-state index in [4.69, 9.17) is 4.74 Å². The van der Waals surface area contributed by atoms with E-state index in [2.05, 4.69) is 6.07 Å². The summed E-state index contributed by atoms with van der Waals surface area (Å²) in [7, 11) is 3.53. The first-order valence-electron chi connectivity index (χ1n) is 10.5. The van der Waals surface area contributed by atoms with Crippen molar-refractivity contribution in [1.29, 1.82) is 0 Å². The number of imide groups is 1. The Labute approximate surface area is 187 Å². The van der Waals surface area contributed by atoms with Crippen molar-refractivity contribution in [3.63, 3.8) is 0 Å². The van der Waals surface area contributed by atoms with E-state index in [9.17, 15) is 9.59 Å². The van der Waals surface area contributed by atoms with Crippen molar-refractivity contribution in [2.24, 2.45) is 0 Å². The first-order chi connectivity index (χ1) is 15.5. The number of likely N-dealkylation sites (N-methyl/N-ethyl adjacent to an activating group) is 1. The highest BCUT2D eigenvalue weighted by Crippen LogP contribution is 2.36. The molecule has 5 rings (SSSR count). The lowest BCUT2D eigenvalue weighted by Crippen LogP contribution is -2.60. The van der Waals surface area contributed by atoms with E-state index in [0.717, 1.165) is 33.8 Å². The van der Waals surface area contributed by atoms with Crippen LogP contribution in [0.3, 0.4) is 0 Å². The van der Waals surface area contributed by atoms with Gasteiger partial charge in [0.1, 0.15) is 18.0 Å². The molecule has 0 aliphatic carbocycles. The Morgan fingerprint density at radius 1 is 0.969 bits per heavy atom. The van der Waals surface area contributed by atoms with Gasteiger partial charge in [-0.15, -0.1) is 4.90 Å². The summed E-state index contributed by atoms with van der Waals surface area (Å²) in [6.07, 6.45) is 0. The van der Waals surface area contributed by atoms with Crippen molar-refractivity contribution in [2.45, 2.75) is 19.5 Å². The maximum absolute atomic E-state index is 13.8. The number of carbonyl (C=O) groups is 2. The molecule has 32 heavy (non-hydrogen) atoms. The van der Waals surface area contributed by atoms with Crippen LogP contribution >= 0.6 is 0 Å². The molecular formula is C26H24N3O3+. The second-order valence-electron chi connectivity index (χ2n) is 8.15. The first-order valence-corrected chi connectivity index (χ1v) is 10.5. The highest BCUT2D eigenvalue weighted by Gasteiger charge is 2.55. The number of amides is 3. The summed E-state index contributed by atoms with van der Waals surface area (Å²) in [5, 5.41) is 0. The molecular weight excluding hydrogens is 402 g/mol. The van der Waals surface area contributed by atoms with Crippen molar-refractivity contribution < 1.29 is 18.9 Å². The van der Waals surface area contributed by atoms with Crippen LogP contribution < -0.4 is 14.5 Å². The lowest BCUT2D eigenvalue weighted by molar-refractivity contribution is -0.445. The number of benzene rings is 3. The Morgan fingerprint density at radius 2 is 1.75 bits per heavy atom. The van der Waals surface area contributed by atoms with E-state index in [-0.39, 0.29) is 11.9 Å². The number of urea groups is 1. The Hall–Kier alpha value is -3.93. The zero-order chi connectivity index (χ0) is 22.4. The molecule has 0 spiro atoms. The molecule has 0 saturated carbocycles. The summed E-state index contributed by atoms with van der Waals surface area (Å²) in [5.41, 5.74) is 5.18. The average Bonchev–Trinajstić information content (AvgIpc) is 3.09. The second-order valence-corrected chi connectivity index (χ2v) is 8.15. The Kier molecular flexibility index (Phi) is 4.78. The largest absolute Gasteiger partial charge is 0.506 e. The minimum Gasteiger partial charge on any atom is -0.497 e. The third-order valence-electron chi connectivity index (χ3n) is 6.11. The minimum atomic E-state index is -0.574. The zero-order valence-corrected chi connectivity index (χ0v) is 18.3. The Balaban J connectivity index is 1.72. The van der Waals surface area contributed by atoms with E-state index in [1.165, 1.54) is 4.90 Å². The van der Waals surface area contributed by atoms with Crippen molar-refractivity contribution in [3.05, 3.63) is 89.5 Å². The number of fused-ring (bicyclic) bond motifs is 3. The van der Waals surface area contributed by atoms with Gasteiger partial charge >= 0.3 is 11.9 Å². The molecule has 2 heterocycles. The number of ether oxygens (including phenoxy) is 1. The third-order valence-corrected chi connectivity index (χ3v) is 6.11. The second kappa shape index (κ2) is 7.64. The van der Waals surface area contributed by atoms with Crippen LogP contribution in [0.15, 0.2) is 72.8 Å². The summed E-state index contributed by atoms with van der Waals surface area (Å²) in [6.45, 7) is 2.35. The number of para-hydroxylation sites is 1. The SMILES string of the molecule is COc1cccc(C[N+]2=C3c4cc(C)ccc4N(C)C3C(=O)N(c3ccccc3)C2=O)c1. The molecule has 0 saturated heterocycles. The third kappa shape index (κ3) is 3.07. The maximum Gasteiger partial charge on any atom is 0.506 e. The fourth-order valence-electron chi connectivity index (χ4n) is 4.57. The summed E-state index contributed by atoms with van der Waals surface area (Å²) < 4.78 is 7.10. The molecule has 0 bridgehead atoms. The predicted molar refractivity (Wildman–Crippen MR) is 124 cm³/mol. The standard InChI is InChI=1S/C26H24N3O3/c1-17-12-13-22-21(14-17)23-24(27(22)2)25(30)29(19-9-5-4-6-10-19)26(31)28(23)16-18-8-7-11-20(15-18)32-3/h4-15,24H,16H2,1-3H3/q+1. The van der Waals surface area contributed by atoms with Crippen LogP contribution in [-0.4, -0.2) is 42.4 Å². The highest BCUT2D eigenvalue weighted by atomic mass is 16.5. The normalized spacial score (nSPS) is 17.5. The number of aryl methyl sites for hydroxylation is 1. The van der Waals surface area contributed by atoms with Gasteiger partial charge in [0.25, 0.3) is 0 Å². The quantitative estimate of drug-likeness (QED) is 0.592. The molecule has 1 unspecified atom stereocenters. The number of hydrogen-bond acceptors (Lipinski definition) is 4. The molecule has 1 atom stereocenters. The molecule has 3 aromatic rings. The molecule has 6 heteroatoms. The molecule has 0 aromatic heterocycles. The smallest absolute Gasteiger partial charge is 0.497 e.